The van der Waals surface area contributed by atoms with E-state index in [9.17, 15) is 0 Å². The molecular weight excluding hydrogens is 276 g/mol. The average Bonchev–Trinajstić information content (AvgIpc) is 2.84. The van der Waals surface area contributed by atoms with Gasteiger partial charge in [0.15, 0.2) is 0 Å². The van der Waals surface area contributed by atoms with Gasteiger partial charge in [0.05, 0.1) is 7.11 Å². The Morgan fingerprint density at radius 1 is 1.09 bits per heavy atom. The lowest BCUT2D eigenvalue weighted by atomic mass is 10.2. The first-order valence-corrected chi connectivity index (χ1v) is 7.84. The molecule has 3 rings (SSSR count). The van der Waals surface area contributed by atoms with E-state index in [-0.39, 0.29) is 0 Å². The summed E-state index contributed by atoms with van der Waals surface area (Å²) in [5.74, 6) is 2.44. The molecule has 2 heterocycles. The molecule has 1 aromatic heterocycles. The van der Waals surface area contributed by atoms with Crippen LogP contribution in [0, 0.1) is 0 Å². The van der Waals surface area contributed by atoms with Gasteiger partial charge in [-0.05, 0) is 31.0 Å². The van der Waals surface area contributed by atoms with Gasteiger partial charge in [0.25, 0.3) is 0 Å². The normalized spacial score (nSPS) is 15.2. The number of aromatic nitrogens is 2. The van der Waals surface area contributed by atoms with E-state index in [0.717, 1.165) is 30.3 Å². The monoisotopic (exact) mass is 298 g/mol. The standard InChI is InChI=1S/C17H22N4O/c1-22-15-8-6-7-14(13-15)19-17-18-10-9-16(20-17)21-11-4-2-3-5-12-21/h6-10,13H,2-5,11-12H2,1H3,(H,18,19,20). The lowest BCUT2D eigenvalue weighted by molar-refractivity contribution is 0.415. The fraction of sp³-hybridized carbons (Fsp3) is 0.412. The number of benzene rings is 1. The molecule has 116 valence electrons. The number of nitrogens with one attached hydrogen (secondary N) is 1. The molecule has 1 aromatic carbocycles. The first-order chi connectivity index (χ1) is 10.8. The van der Waals surface area contributed by atoms with Gasteiger partial charge in [0, 0.05) is 31.0 Å². The molecule has 0 atom stereocenters. The van der Waals surface area contributed by atoms with Gasteiger partial charge in [-0.1, -0.05) is 18.9 Å². The molecule has 22 heavy (non-hydrogen) atoms. The number of hydrogen-bond donors (Lipinski definition) is 1. The van der Waals surface area contributed by atoms with Crippen LogP contribution in [-0.2, 0) is 0 Å². The van der Waals surface area contributed by atoms with Crippen molar-refractivity contribution in [3.63, 3.8) is 0 Å². The van der Waals surface area contributed by atoms with Gasteiger partial charge in [-0.3, -0.25) is 0 Å². The zero-order chi connectivity index (χ0) is 15.2. The van der Waals surface area contributed by atoms with Gasteiger partial charge in [0.1, 0.15) is 11.6 Å². The Morgan fingerprint density at radius 3 is 2.68 bits per heavy atom. The number of hydrogen-bond acceptors (Lipinski definition) is 5. The van der Waals surface area contributed by atoms with Crippen LogP contribution in [-0.4, -0.2) is 30.2 Å². The SMILES string of the molecule is COc1cccc(Nc2nccc(N3CCCCCC3)n2)c1. The summed E-state index contributed by atoms with van der Waals surface area (Å²) in [4.78, 5) is 11.3. The highest BCUT2D eigenvalue weighted by Crippen LogP contribution is 2.22. The predicted molar refractivity (Wildman–Crippen MR) is 89.0 cm³/mol. The van der Waals surface area contributed by atoms with E-state index in [1.54, 1.807) is 7.11 Å². The first-order valence-electron chi connectivity index (χ1n) is 7.84. The molecule has 1 aliphatic rings. The smallest absolute Gasteiger partial charge is 0.229 e. The minimum Gasteiger partial charge on any atom is -0.497 e. The molecular formula is C17H22N4O. The van der Waals surface area contributed by atoms with Gasteiger partial charge >= 0.3 is 0 Å². The molecule has 0 amide bonds. The summed E-state index contributed by atoms with van der Waals surface area (Å²) in [6.07, 6.45) is 6.92. The van der Waals surface area contributed by atoms with Crippen LogP contribution in [0.25, 0.3) is 0 Å². The quantitative estimate of drug-likeness (QED) is 0.934. The summed E-state index contributed by atoms with van der Waals surface area (Å²) >= 11 is 0. The van der Waals surface area contributed by atoms with Gasteiger partial charge < -0.3 is 15.0 Å². The van der Waals surface area contributed by atoms with Crippen molar-refractivity contribution in [2.24, 2.45) is 0 Å². The van der Waals surface area contributed by atoms with Gasteiger partial charge in [-0.25, -0.2) is 4.98 Å². The number of ether oxygens (including phenoxy) is 1. The van der Waals surface area contributed by atoms with Crippen LogP contribution in [0.4, 0.5) is 17.5 Å². The zero-order valence-corrected chi connectivity index (χ0v) is 13.0. The van der Waals surface area contributed by atoms with Gasteiger partial charge in [-0.15, -0.1) is 0 Å². The van der Waals surface area contributed by atoms with E-state index >= 15 is 0 Å². The Balaban J connectivity index is 1.75. The highest BCUT2D eigenvalue weighted by molar-refractivity contribution is 5.57. The molecule has 0 bridgehead atoms. The minimum atomic E-state index is 0.620. The van der Waals surface area contributed by atoms with E-state index < -0.39 is 0 Å². The van der Waals surface area contributed by atoms with E-state index in [4.69, 9.17) is 4.74 Å². The minimum absolute atomic E-state index is 0.620. The molecule has 0 saturated carbocycles. The number of anilines is 3. The molecule has 5 nitrogen and oxygen atoms in total. The lowest BCUT2D eigenvalue weighted by Gasteiger charge is -2.21. The van der Waals surface area contributed by atoms with Crippen molar-refractivity contribution in [1.82, 2.24) is 9.97 Å². The molecule has 0 radical (unpaired) electrons. The Morgan fingerprint density at radius 2 is 1.91 bits per heavy atom. The molecule has 5 heteroatoms. The third-order valence-electron chi connectivity index (χ3n) is 3.90. The van der Waals surface area contributed by atoms with Crippen molar-refractivity contribution >= 4 is 17.5 Å². The van der Waals surface area contributed by atoms with Crippen molar-refractivity contribution in [1.29, 1.82) is 0 Å². The van der Waals surface area contributed by atoms with Crippen LogP contribution >= 0.6 is 0 Å². The van der Waals surface area contributed by atoms with Crippen molar-refractivity contribution in [2.75, 3.05) is 30.4 Å². The summed E-state index contributed by atoms with van der Waals surface area (Å²) in [6.45, 7) is 2.16. The molecule has 0 unspecified atom stereocenters. The highest BCUT2D eigenvalue weighted by Gasteiger charge is 2.11. The Hall–Kier alpha value is -2.30. The summed E-state index contributed by atoms with van der Waals surface area (Å²) < 4.78 is 5.24. The maximum absolute atomic E-state index is 5.24. The second kappa shape index (κ2) is 7.11. The fourth-order valence-electron chi connectivity index (χ4n) is 2.72. The van der Waals surface area contributed by atoms with E-state index in [1.165, 1.54) is 25.7 Å². The van der Waals surface area contributed by atoms with Crippen LogP contribution in [0.5, 0.6) is 5.75 Å². The van der Waals surface area contributed by atoms with E-state index in [2.05, 4.69) is 20.2 Å². The van der Waals surface area contributed by atoms with Crippen molar-refractivity contribution in [2.45, 2.75) is 25.7 Å². The maximum atomic E-state index is 5.24. The maximum Gasteiger partial charge on any atom is 0.229 e. The van der Waals surface area contributed by atoms with Crippen LogP contribution in [0.3, 0.4) is 0 Å². The molecule has 0 aliphatic carbocycles. The fourth-order valence-corrected chi connectivity index (χ4v) is 2.72. The van der Waals surface area contributed by atoms with Crippen LogP contribution < -0.4 is 15.0 Å². The highest BCUT2D eigenvalue weighted by atomic mass is 16.5. The molecule has 1 saturated heterocycles. The summed E-state index contributed by atoms with van der Waals surface area (Å²) in [5, 5.41) is 3.24. The summed E-state index contributed by atoms with van der Waals surface area (Å²) in [6, 6.07) is 9.76. The largest absolute Gasteiger partial charge is 0.497 e. The summed E-state index contributed by atoms with van der Waals surface area (Å²) in [5.41, 5.74) is 0.923. The second-order valence-corrected chi connectivity index (χ2v) is 5.50. The Labute approximate surface area is 131 Å². The number of methoxy groups -OCH3 is 1. The van der Waals surface area contributed by atoms with Crippen LogP contribution in [0.1, 0.15) is 25.7 Å². The molecule has 0 spiro atoms. The molecule has 1 N–H and O–H groups in total. The van der Waals surface area contributed by atoms with Crippen LogP contribution in [0.2, 0.25) is 0 Å². The molecule has 1 fully saturated rings. The van der Waals surface area contributed by atoms with Gasteiger partial charge in [-0.2, -0.15) is 4.98 Å². The number of rotatable bonds is 4. The van der Waals surface area contributed by atoms with Crippen molar-refractivity contribution in [3.8, 4) is 5.75 Å². The topological polar surface area (TPSA) is 50.3 Å². The van der Waals surface area contributed by atoms with Gasteiger partial charge in [0.2, 0.25) is 5.95 Å². The lowest BCUT2D eigenvalue weighted by Crippen LogP contribution is -2.25. The Bertz CT molecular complexity index is 609. The second-order valence-electron chi connectivity index (χ2n) is 5.50. The zero-order valence-electron chi connectivity index (χ0n) is 13.0. The van der Waals surface area contributed by atoms with Crippen LogP contribution in [0.15, 0.2) is 36.5 Å². The van der Waals surface area contributed by atoms with Crippen molar-refractivity contribution < 1.29 is 4.74 Å². The summed E-state index contributed by atoms with van der Waals surface area (Å²) in [7, 11) is 1.66. The number of nitrogens with zero attached hydrogens (tertiary/aromatic N) is 3. The molecule has 2 aromatic rings. The first kappa shape index (κ1) is 14.6. The van der Waals surface area contributed by atoms with Crippen molar-refractivity contribution in [3.05, 3.63) is 36.5 Å². The third kappa shape index (κ3) is 3.67. The molecule has 1 aliphatic heterocycles. The average molecular weight is 298 g/mol. The Kier molecular flexibility index (Phi) is 4.73. The third-order valence-corrected chi connectivity index (χ3v) is 3.90. The van der Waals surface area contributed by atoms with E-state index in [1.807, 2.05) is 36.5 Å². The van der Waals surface area contributed by atoms with E-state index in [0.29, 0.717) is 5.95 Å². The predicted octanol–water partition coefficient (Wildman–Crippen LogP) is 3.61.